The largest absolute Gasteiger partial charge is 0.387 e. The van der Waals surface area contributed by atoms with Crippen LogP contribution < -0.4 is 10.2 Å². The van der Waals surface area contributed by atoms with Gasteiger partial charge in [-0.2, -0.15) is 5.10 Å². The molecule has 0 radical (unpaired) electrons. The summed E-state index contributed by atoms with van der Waals surface area (Å²) in [6.07, 6.45) is 0.843. The predicted molar refractivity (Wildman–Crippen MR) is 111 cm³/mol. The van der Waals surface area contributed by atoms with Crippen LogP contribution in [0.5, 0.6) is 0 Å². The number of carbonyl (C=O) groups is 2. The molecule has 0 fully saturated rings. The smallest absolute Gasteiger partial charge is 0.276 e. The number of hydrogen-bond donors (Lipinski definition) is 2. The highest BCUT2D eigenvalue weighted by molar-refractivity contribution is 6.05. The molecule has 154 valence electrons. The topological polar surface area (TPSA) is 105 Å². The first-order valence-electron chi connectivity index (χ1n) is 9.63. The van der Waals surface area contributed by atoms with Crippen molar-refractivity contribution in [3.8, 4) is 0 Å². The Kier molecular flexibility index (Phi) is 5.97. The van der Waals surface area contributed by atoms with Gasteiger partial charge in [0, 0.05) is 20.1 Å². The normalized spacial score (nSPS) is 11.1. The number of benzene rings is 1. The molecule has 0 saturated heterocycles. The lowest BCUT2D eigenvalue weighted by molar-refractivity contribution is -0.120. The summed E-state index contributed by atoms with van der Waals surface area (Å²) in [5.74, 6) is -0.317. The Balaban J connectivity index is 2.06. The molecular weight excluding hydrogens is 372 g/mol. The van der Waals surface area contributed by atoms with Gasteiger partial charge in [-0.3, -0.25) is 19.6 Å². The Bertz CT molecular complexity index is 1050. The Morgan fingerprint density at radius 3 is 2.69 bits per heavy atom. The van der Waals surface area contributed by atoms with E-state index in [2.05, 4.69) is 15.4 Å². The number of nitrogens with zero attached hydrogens (tertiary/aromatic N) is 5. The number of rotatable bonds is 7. The maximum Gasteiger partial charge on any atom is 0.276 e. The number of aryl methyl sites for hydroxylation is 3. The summed E-state index contributed by atoms with van der Waals surface area (Å²) >= 11 is 0. The fourth-order valence-electron chi connectivity index (χ4n) is 3.32. The first-order chi connectivity index (χ1) is 13.9. The zero-order valence-corrected chi connectivity index (χ0v) is 17.1. The van der Waals surface area contributed by atoms with Gasteiger partial charge in [-0.1, -0.05) is 13.0 Å². The van der Waals surface area contributed by atoms with Crippen LogP contribution in [-0.2, 0) is 17.9 Å². The molecule has 0 atom stereocenters. The van der Waals surface area contributed by atoms with Gasteiger partial charge in [0.25, 0.3) is 11.8 Å². The van der Waals surface area contributed by atoms with E-state index in [-0.39, 0.29) is 5.91 Å². The van der Waals surface area contributed by atoms with E-state index in [1.807, 2.05) is 37.5 Å². The molecule has 2 aromatic heterocycles. The van der Waals surface area contributed by atoms with Crippen LogP contribution in [-0.4, -0.2) is 49.9 Å². The average Bonchev–Trinajstić information content (AvgIpc) is 3.27. The Morgan fingerprint density at radius 1 is 1.28 bits per heavy atom. The molecule has 3 rings (SSSR count). The van der Waals surface area contributed by atoms with Crippen molar-refractivity contribution in [2.24, 2.45) is 0 Å². The second-order valence-electron chi connectivity index (χ2n) is 6.78. The van der Waals surface area contributed by atoms with Gasteiger partial charge in [-0.25, -0.2) is 4.98 Å². The number of amides is 2. The third kappa shape index (κ3) is 3.86. The fraction of sp³-hybridized carbons (Fsp3) is 0.400. The number of carbonyl (C=O) groups excluding carboxylic acids is 2. The number of aromatic nitrogens is 4. The Labute approximate surface area is 168 Å². The first-order valence-corrected chi connectivity index (χ1v) is 9.63. The summed E-state index contributed by atoms with van der Waals surface area (Å²) in [4.78, 5) is 30.9. The summed E-state index contributed by atoms with van der Waals surface area (Å²) in [6.45, 7) is 6.45. The molecule has 0 unspecified atom stereocenters. The van der Waals surface area contributed by atoms with Crippen molar-refractivity contribution in [3.05, 3.63) is 35.7 Å². The molecule has 2 N–H and O–H groups in total. The van der Waals surface area contributed by atoms with E-state index >= 15 is 0 Å². The Hall–Kier alpha value is -3.20. The SMILES string of the molecule is CCCn1c(NC(=O)c2cc(C)nn2CC)nc2c(N(C)C(=O)CO)cccc21. The van der Waals surface area contributed by atoms with Crippen LogP contribution in [0.15, 0.2) is 24.3 Å². The molecule has 0 aliphatic carbocycles. The zero-order chi connectivity index (χ0) is 21.1. The Morgan fingerprint density at radius 2 is 2.03 bits per heavy atom. The van der Waals surface area contributed by atoms with Crippen LogP contribution in [0.1, 0.15) is 36.5 Å². The number of likely N-dealkylation sites (N-methyl/N-ethyl adjacent to an activating group) is 1. The van der Waals surface area contributed by atoms with Gasteiger partial charge in [0.2, 0.25) is 5.95 Å². The molecule has 9 nitrogen and oxygen atoms in total. The minimum Gasteiger partial charge on any atom is -0.387 e. The number of hydrogen-bond acceptors (Lipinski definition) is 5. The molecule has 1 aromatic carbocycles. The van der Waals surface area contributed by atoms with Crippen molar-refractivity contribution >= 4 is 34.5 Å². The summed E-state index contributed by atoms with van der Waals surface area (Å²) < 4.78 is 3.57. The standard InChI is InChI=1S/C20H26N6O3/c1-5-10-25-15-9-7-8-14(24(4)17(28)12-27)18(15)21-20(25)22-19(29)16-11-13(3)23-26(16)6-2/h7-9,11,27H,5-6,10,12H2,1-4H3,(H,21,22,29). The fourth-order valence-corrected chi connectivity index (χ4v) is 3.32. The van der Waals surface area contributed by atoms with Gasteiger partial charge in [0.05, 0.1) is 16.9 Å². The van der Waals surface area contributed by atoms with E-state index in [4.69, 9.17) is 0 Å². The minimum absolute atomic E-state index is 0.290. The van der Waals surface area contributed by atoms with Gasteiger partial charge in [0.1, 0.15) is 17.8 Å². The highest BCUT2D eigenvalue weighted by atomic mass is 16.3. The summed E-state index contributed by atoms with van der Waals surface area (Å²) in [5.41, 5.74) is 3.19. The van der Waals surface area contributed by atoms with E-state index in [9.17, 15) is 14.7 Å². The summed E-state index contributed by atoms with van der Waals surface area (Å²) in [5, 5.41) is 16.4. The number of fused-ring (bicyclic) bond motifs is 1. The number of nitrogens with one attached hydrogen (secondary N) is 1. The van der Waals surface area contributed by atoms with Crippen LogP contribution in [0, 0.1) is 6.92 Å². The maximum atomic E-state index is 12.9. The van der Waals surface area contributed by atoms with E-state index in [0.717, 1.165) is 17.6 Å². The maximum absolute atomic E-state index is 12.9. The molecule has 2 amide bonds. The molecule has 0 aliphatic rings. The number of para-hydroxylation sites is 1. The van der Waals surface area contributed by atoms with Crippen LogP contribution in [0.4, 0.5) is 11.6 Å². The van der Waals surface area contributed by atoms with Gasteiger partial charge >= 0.3 is 0 Å². The predicted octanol–water partition coefficient (Wildman–Crippen LogP) is 2.18. The second-order valence-corrected chi connectivity index (χ2v) is 6.78. The van der Waals surface area contributed by atoms with E-state index in [1.54, 1.807) is 23.9 Å². The molecular formula is C20H26N6O3. The second kappa shape index (κ2) is 8.44. The van der Waals surface area contributed by atoms with Crippen molar-refractivity contribution < 1.29 is 14.7 Å². The monoisotopic (exact) mass is 398 g/mol. The number of imidazole rings is 1. The third-order valence-corrected chi connectivity index (χ3v) is 4.74. The van der Waals surface area contributed by atoms with Gasteiger partial charge in [-0.05, 0) is 38.5 Å². The average molecular weight is 398 g/mol. The quantitative estimate of drug-likeness (QED) is 0.635. The lowest BCUT2D eigenvalue weighted by Crippen LogP contribution is -2.29. The van der Waals surface area contributed by atoms with Crippen LogP contribution in [0.2, 0.25) is 0 Å². The van der Waals surface area contributed by atoms with E-state index < -0.39 is 12.5 Å². The molecule has 3 aromatic rings. The lowest BCUT2D eigenvalue weighted by atomic mass is 10.2. The van der Waals surface area contributed by atoms with Gasteiger partial charge < -0.3 is 14.6 Å². The van der Waals surface area contributed by atoms with Gasteiger partial charge in [-0.15, -0.1) is 0 Å². The van der Waals surface area contributed by atoms with Crippen LogP contribution >= 0.6 is 0 Å². The molecule has 9 heteroatoms. The first kappa shape index (κ1) is 20.5. The van der Waals surface area contributed by atoms with Crippen molar-refractivity contribution in [1.29, 1.82) is 0 Å². The zero-order valence-electron chi connectivity index (χ0n) is 17.1. The lowest BCUT2D eigenvalue weighted by Gasteiger charge is -2.16. The summed E-state index contributed by atoms with van der Waals surface area (Å²) in [6, 6.07) is 7.23. The molecule has 29 heavy (non-hydrogen) atoms. The van der Waals surface area contributed by atoms with Crippen LogP contribution in [0.3, 0.4) is 0 Å². The number of aliphatic hydroxyl groups excluding tert-OH is 1. The van der Waals surface area contributed by atoms with Crippen molar-refractivity contribution in [2.45, 2.75) is 40.3 Å². The van der Waals surface area contributed by atoms with Crippen molar-refractivity contribution in [3.63, 3.8) is 0 Å². The highest BCUT2D eigenvalue weighted by Crippen LogP contribution is 2.29. The number of anilines is 2. The van der Waals surface area contributed by atoms with Gasteiger partial charge in [0.15, 0.2) is 0 Å². The molecule has 0 bridgehead atoms. The summed E-state index contributed by atoms with van der Waals surface area (Å²) in [7, 11) is 1.59. The van der Waals surface area contributed by atoms with Crippen LogP contribution in [0.25, 0.3) is 11.0 Å². The molecule has 0 aliphatic heterocycles. The van der Waals surface area contributed by atoms with Crippen molar-refractivity contribution in [2.75, 3.05) is 23.9 Å². The minimum atomic E-state index is -0.591. The number of aliphatic hydroxyl groups is 1. The highest BCUT2D eigenvalue weighted by Gasteiger charge is 2.21. The molecule has 0 saturated carbocycles. The molecule has 0 spiro atoms. The third-order valence-electron chi connectivity index (χ3n) is 4.74. The van der Waals surface area contributed by atoms with E-state index in [1.165, 1.54) is 4.90 Å². The van der Waals surface area contributed by atoms with E-state index in [0.29, 0.717) is 35.9 Å². The molecule has 2 heterocycles. The van der Waals surface area contributed by atoms with Crippen molar-refractivity contribution in [1.82, 2.24) is 19.3 Å².